The minimum atomic E-state index is -0.276. The molecule has 0 atom stereocenters. The molecule has 1 aromatic heterocycles. The number of hydrogen-bond donors (Lipinski definition) is 0. The Morgan fingerprint density at radius 1 is 1.43 bits per heavy atom. The van der Waals surface area contributed by atoms with Crippen LogP contribution in [0.15, 0.2) is 34.8 Å². The highest BCUT2D eigenvalue weighted by Crippen LogP contribution is 2.24. The van der Waals surface area contributed by atoms with Crippen molar-refractivity contribution in [3.05, 3.63) is 45.7 Å². The maximum Gasteiger partial charge on any atom is 0.286 e. The van der Waals surface area contributed by atoms with Crippen molar-refractivity contribution in [1.29, 1.82) is 0 Å². The number of hydrogen-bond acceptors (Lipinski definition) is 3. The Kier molecular flexibility index (Phi) is 4.96. The number of nitrogens with zero attached hydrogens (tertiary/aromatic N) is 2. The molecule has 112 valence electrons. The van der Waals surface area contributed by atoms with Crippen LogP contribution in [0.25, 0.3) is 0 Å². The molecule has 0 aliphatic heterocycles. The number of aromatic nitrogens is 1. The van der Waals surface area contributed by atoms with Crippen LogP contribution in [0.2, 0.25) is 0 Å². The second kappa shape index (κ2) is 6.72. The monoisotopic (exact) mass is 304 g/mol. The number of ether oxygens (including phenoxy) is 1. The molecule has 0 bridgehead atoms. The van der Waals surface area contributed by atoms with E-state index in [0.29, 0.717) is 10.7 Å². The molecule has 0 aliphatic carbocycles. The molecule has 1 aromatic carbocycles. The van der Waals surface area contributed by atoms with Gasteiger partial charge in [0, 0.05) is 18.6 Å². The van der Waals surface area contributed by atoms with Gasteiger partial charge in [0.25, 0.3) is 5.91 Å². The van der Waals surface area contributed by atoms with Gasteiger partial charge in [-0.15, -0.1) is 11.3 Å². The fraction of sp³-hybridized carbons (Fsp3) is 0.375. The molecule has 0 saturated carbocycles. The Balaban J connectivity index is 2.08. The molecule has 2 rings (SSSR count). The number of thiazole rings is 1. The van der Waals surface area contributed by atoms with Gasteiger partial charge in [-0.25, -0.2) is 0 Å². The van der Waals surface area contributed by atoms with Gasteiger partial charge in [-0.3, -0.25) is 4.79 Å². The van der Waals surface area contributed by atoms with E-state index in [1.165, 1.54) is 16.9 Å². The number of benzene rings is 1. The van der Waals surface area contributed by atoms with E-state index in [1.807, 2.05) is 42.2 Å². The van der Waals surface area contributed by atoms with Crippen LogP contribution >= 0.6 is 11.3 Å². The molecule has 4 nitrogen and oxygen atoms in total. The molecule has 21 heavy (non-hydrogen) atoms. The molecule has 0 unspecified atom stereocenters. The quantitative estimate of drug-likeness (QED) is 0.871. The Bertz CT molecular complexity index is 698. The fourth-order valence-electron chi connectivity index (χ4n) is 1.84. The molecule has 1 amide bonds. The lowest BCUT2D eigenvalue weighted by atomic mass is 10.0. The highest BCUT2D eigenvalue weighted by Gasteiger charge is 2.07. The van der Waals surface area contributed by atoms with Crippen molar-refractivity contribution in [1.82, 2.24) is 4.57 Å². The van der Waals surface area contributed by atoms with Gasteiger partial charge in [0.15, 0.2) is 11.4 Å². The Morgan fingerprint density at radius 3 is 2.81 bits per heavy atom. The summed E-state index contributed by atoms with van der Waals surface area (Å²) in [5, 5.41) is 1.89. The Hall–Kier alpha value is -1.88. The van der Waals surface area contributed by atoms with Crippen LogP contribution in [0.3, 0.4) is 0 Å². The van der Waals surface area contributed by atoms with Crippen molar-refractivity contribution in [3.8, 4) is 5.75 Å². The van der Waals surface area contributed by atoms with Crippen molar-refractivity contribution >= 4 is 17.2 Å². The molecule has 0 N–H and O–H groups in total. The largest absolute Gasteiger partial charge is 0.483 e. The third-order valence-corrected chi connectivity index (χ3v) is 4.06. The Morgan fingerprint density at radius 2 is 2.19 bits per heavy atom. The van der Waals surface area contributed by atoms with Crippen LogP contribution in [-0.2, 0) is 11.8 Å². The summed E-state index contributed by atoms with van der Waals surface area (Å²) in [5.41, 5.74) is 2.22. The summed E-state index contributed by atoms with van der Waals surface area (Å²) in [6, 6.07) is 6.11. The predicted molar refractivity (Wildman–Crippen MR) is 84.6 cm³/mol. The second-order valence-electron chi connectivity index (χ2n) is 5.27. The van der Waals surface area contributed by atoms with Gasteiger partial charge < -0.3 is 9.30 Å². The average Bonchev–Trinajstić information content (AvgIpc) is 2.83. The summed E-state index contributed by atoms with van der Waals surface area (Å²) >= 11 is 1.43. The van der Waals surface area contributed by atoms with Crippen molar-refractivity contribution in [2.24, 2.45) is 12.0 Å². The van der Waals surface area contributed by atoms with Gasteiger partial charge in [-0.05, 0) is 30.0 Å². The van der Waals surface area contributed by atoms with E-state index in [0.717, 1.165) is 11.3 Å². The molecule has 0 radical (unpaired) electrons. The summed E-state index contributed by atoms with van der Waals surface area (Å²) in [4.78, 5) is 16.6. The molecule has 1 heterocycles. The summed E-state index contributed by atoms with van der Waals surface area (Å²) < 4.78 is 7.44. The average molecular weight is 304 g/mol. The van der Waals surface area contributed by atoms with Crippen molar-refractivity contribution in [3.63, 3.8) is 0 Å². The van der Waals surface area contributed by atoms with E-state index >= 15 is 0 Å². The third kappa shape index (κ3) is 4.04. The van der Waals surface area contributed by atoms with E-state index in [4.69, 9.17) is 4.74 Å². The first kappa shape index (κ1) is 15.5. The molecular weight excluding hydrogens is 284 g/mol. The highest BCUT2D eigenvalue weighted by atomic mass is 32.1. The molecule has 2 aromatic rings. The highest BCUT2D eigenvalue weighted by molar-refractivity contribution is 7.07. The topological polar surface area (TPSA) is 43.6 Å². The molecule has 0 spiro atoms. The standard InChI is InChI=1S/C16H20N2O2S/c1-11(2)13-6-5-12(3)14(9-13)20-10-15(19)17-16-18(4)7-8-21-16/h5-9,11H,10H2,1-4H3. The third-order valence-electron chi connectivity index (χ3n) is 3.21. The molecule has 0 aliphatic rings. The van der Waals surface area contributed by atoms with Gasteiger partial charge >= 0.3 is 0 Å². The van der Waals surface area contributed by atoms with Gasteiger partial charge in [0.1, 0.15) is 5.75 Å². The minimum Gasteiger partial charge on any atom is -0.483 e. The molecular formula is C16H20N2O2S. The lowest BCUT2D eigenvalue weighted by molar-refractivity contribution is -0.120. The number of amides is 1. The predicted octanol–water partition coefficient (Wildman–Crippen LogP) is 3.02. The summed E-state index contributed by atoms with van der Waals surface area (Å²) in [6.07, 6.45) is 1.87. The van der Waals surface area contributed by atoms with Gasteiger partial charge in [0.05, 0.1) is 0 Å². The van der Waals surface area contributed by atoms with E-state index in [-0.39, 0.29) is 12.5 Å². The van der Waals surface area contributed by atoms with Crippen LogP contribution in [-0.4, -0.2) is 17.1 Å². The van der Waals surface area contributed by atoms with E-state index in [1.54, 1.807) is 0 Å². The Labute approximate surface area is 128 Å². The van der Waals surface area contributed by atoms with Gasteiger partial charge in [0.2, 0.25) is 0 Å². The van der Waals surface area contributed by atoms with Gasteiger partial charge in [-0.1, -0.05) is 26.0 Å². The van der Waals surface area contributed by atoms with E-state index < -0.39 is 0 Å². The first-order valence-electron chi connectivity index (χ1n) is 6.88. The zero-order valence-electron chi connectivity index (χ0n) is 12.8. The lowest BCUT2D eigenvalue weighted by Gasteiger charge is -2.11. The first-order valence-corrected chi connectivity index (χ1v) is 7.76. The summed E-state index contributed by atoms with van der Waals surface area (Å²) in [6.45, 7) is 6.19. The van der Waals surface area contributed by atoms with Crippen LogP contribution in [0, 0.1) is 6.92 Å². The maximum atomic E-state index is 11.9. The van der Waals surface area contributed by atoms with E-state index in [2.05, 4.69) is 24.9 Å². The first-order chi connectivity index (χ1) is 9.97. The maximum absolute atomic E-state index is 11.9. The van der Waals surface area contributed by atoms with Gasteiger partial charge in [-0.2, -0.15) is 4.99 Å². The number of carbonyl (C=O) groups is 1. The zero-order valence-corrected chi connectivity index (χ0v) is 13.6. The number of aryl methyl sites for hydroxylation is 2. The van der Waals surface area contributed by atoms with Crippen molar-refractivity contribution < 1.29 is 9.53 Å². The lowest BCUT2D eigenvalue weighted by Crippen LogP contribution is -2.17. The van der Waals surface area contributed by atoms with Crippen LogP contribution in [0.1, 0.15) is 30.9 Å². The molecule has 5 heteroatoms. The smallest absolute Gasteiger partial charge is 0.286 e. The zero-order chi connectivity index (χ0) is 15.4. The van der Waals surface area contributed by atoms with Crippen molar-refractivity contribution in [2.75, 3.05) is 6.61 Å². The van der Waals surface area contributed by atoms with Crippen LogP contribution < -0.4 is 9.54 Å². The van der Waals surface area contributed by atoms with E-state index in [9.17, 15) is 4.79 Å². The number of carbonyl (C=O) groups excluding carboxylic acids is 1. The minimum absolute atomic E-state index is 0.0414. The second-order valence-corrected chi connectivity index (χ2v) is 6.14. The number of rotatable bonds is 4. The SMILES string of the molecule is Cc1ccc(C(C)C)cc1OCC(=O)N=c1sccn1C. The summed E-state index contributed by atoms with van der Waals surface area (Å²) in [7, 11) is 1.86. The summed E-state index contributed by atoms with van der Waals surface area (Å²) in [5.74, 6) is 0.904. The fourth-order valence-corrected chi connectivity index (χ4v) is 2.59. The van der Waals surface area contributed by atoms with Crippen LogP contribution in [0.4, 0.5) is 0 Å². The molecule has 0 saturated heterocycles. The van der Waals surface area contributed by atoms with Crippen LogP contribution in [0.5, 0.6) is 5.75 Å². The normalized spacial score (nSPS) is 12.0. The molecule has 0 fully saturated rings. The van der Waals surface area contributed by atoms with Crippen molar-refractivity contribution in [2.45, 2.75) is 26.7 Å².